The number of phenolic OH excluding ortho intramolecular Hbond substituents is 1. The number of carbonyl (C=O) groups excluding carboxylic acids is 1. The fourth-order valence-electron chi connectivity index (χ4n) is 6.00. The van der Waals surface area contributed by atoms with Gasteiger partial charge in [0.2, 0.25) is 5.91 Å². The molecule has 0 saturated carbocycles. The lowest BCUT2D eigenvalue weighted by molar-refractivity contribution is -0.136. The molecule has 3 aliphatic heterocycles. The Balaban J connectivity index is 1.40. The monoisotopic (exact) mass is 546 g/mol. The number of nitriles is 1. The number of anilines is 1. The molecule has 2 fully saturated rings. The molecule has 1 aromatic carbocycles. The summed E-state index contributed by atoms with van der Waals surface area (Å²) < 4.78 is 0. The van der Waals surface area contributed by atoms with E-state index in [2.05, 4.69) is 27.4 Å². The van der Waals surface area contributed by atoms with E-state index in [4.69, 9.17) is 16.6 Å². The molecule has 1 N–H and O–H groups in total. The number of rotatable bonds is 5. The van der Waals surface area contributed by atoms with Crippen LogP contribution in [0.4, 0.5) is 5.82 Å². The normalized spacial score (nSPS) is 17.9. The molecule has 38 heavy (non-hydrogen) atoms. The van der Waals surface area contributed by atoms with Crippen LogP contribution in [-0.2, 0) is 24.4 Å². The lowest BCUT2D eigenvalue weighted by Crippen LogP contribution is -2.59. The molecule has 0 bridgehead atoms. The van der Waals surface area contributed by atoms with Gasteiger partial charge < -0.3 is 14.9 Å². The lowest BCUT2D eigenvalue weighted by atomic mass is 9.79. The fourth-order valence-corrected chi connectivity index (χ4v) is 7.03. The van der Waals surface area contributed by atoms with Gasteiger partial charge in [-0.2, -0.15) is 5.26 Å². The van der Waals surface area contributed by atoms with Gasteiger partial charge in [0.05, 0.1) is 16.9 Å². The number of likely N-dealkylation sites (tertiary alicyclic amines) is 1. The number of hydrogen-bond acceptors (Lipinski definition) is 8. The van der Waals surface area contributed by atoms with Crippen LogP contribution >= 0.6 is 22.9 Å². The second-order valence-corrected chi connectivity index (χ2v) is 11.8. The molecule has 6 rings (SSSR count). The van der Waals surface area contributed by atoms with Crippen LogP contribution in [0.15, 0.2) is 36.4 Å². The number of pyridine rings is 1. The van der Waals surface area contributed by atoms with Crippen LogP contribution in [0.2, 0.25) is 5.02 Å². The van der Waals surface area contributed by atoms with E-state index in [0.717, 1.165) is 48.6 Å². The summed E-state index contributed by atoms with van der Waals surface area (Å²) in [5.74, 6) is 0.707. The van der Waals surface area contributed by atoms with Crippen LogP contribution in [0.25, 0.3) is 11.1 Å². The Morgan fingerprint density at radius 3 is 2.87 bits per heavy atom. The van der Waals surface area contributed by atoms with Gasteiger partial charge in [0.1, 0.15) is 23.2 Å². The molecule has 0 atom stereocenters. The summed E-state index contributed by atoms with van der Waals surface area (Å²) in [6.07, 6.45) is 2.29. The number of thiazole rings is 1. The summed E-state index contributed by atoms with van der Waals surface area (Å²) in [6.45, 7) is 10.5. The molecular weight excluding hydrogens is 520 g/mol. The molecule has 2 saturated heterocycles. The average Bonchev–Trinajstić information content (AvgIpc) is 3.61. The van der Waals surface area contributed by atoms with E-state index >= 15 is 0 Å². The molecule has 0 aliphatic carbocycles. The third kappa shape index (κ3) is 4.13. The van der Waals surface area contributed by atoms with E-state index in [1.165, 1.54) is 11.0 Å². The summed E-state index contributed by atoms with van der Waals surface area (Å²) in [6, 6.07) is 7.29. The number of hydrogen-bond donors (Lipinski definition) is 1. The van der Waals surface area contributed by atoms with Crippen molar-refractivity contribution in [1.29, 1.82) is 5.26 Å². The van der Waals surface area contributed by atoms with Crippen molar-refractivity contribution in [2.75, 3.05) is 31.1 Å². The SMILES string of the molecule is C=CC(=O)N1CC2(CCN(c3nc4c(c(-c5cc(O)ccc5Cl)c3C#N)CN(Cc3scnc3C)C4)C2)C1. The second kappa shape index (κ2) is 9.38. The Labute approximate surface area is 230 Å². The van der Waals surface area contributed by atoms with Crippen molar-refractivity contribution in [3.05, 3.63) is 68.8 Å². The molecule has 194 valence electrons. The van der Waals surface area contributed by atoms with E-state index in [0.29, 0.717) is 48.1 Å². The molecule has 1 amide bonds. The highest BCUT2D eigenvalue weighted by Crippen LogP contribution is 2.46. The van der Waals surface area contributed by atoms with Gasteiger partial charge in [0, 0.05) is 72.3 Å². The fraction of sp³-hybridized carbons (Fsp3) is 0.357. The Hall–Kier alpha value is -3.45. The number of nitrogens with zero attached hydrogens (tertiary/aromatic N) is 6. The minimum Gasteiger partial charge on any atom is -0.508 e. The highest BCUT2D eigenvalue weighted by molar-refractivity contribution is 7.09. The minimum absolute atomic E-state index is 0.00461. The molecular formula is C28H27ClN6O2S. The van der Waals surface area contributed by atoms with Crippen LogP contribution in [0, 0.1) is 23.7 Å². The number of aromatic nitrogens is 2. The summed E-state index contributed by atoms with van der Waals surface area (Å²) >= 11 is 8.30. The maximum Gasteiger partial charge on any atom is 0.245 e. The van der Waals surface area contributed by atoms with Crippen LogP contribution in [0.5, 0.6) is 5.75 Å². The second-order valence-electron chi connectivity index (χ2n) is 10.5. The number of phenols is 1. The number of amides is 1. The summed E-state index contributed by atoms with van der Waals surface area (Å²) in [4.78, 5) is 29.0. The number of halogens is 1. The number of carbonyl (C=O) groups is 1. The van der Waals surface area contributed by atoms with Crippen molar-refractivity contribution in [1.82, 2.24) is 19.8 Å². The van der Waals surface area contributed by atoms with Gasteiger partial charge >= 0.3 is 0 Å². The average molecular weight is 547 g/mol. The largest absolute Gasteiger partial charge is 0.508 e. The summed E-state index contributed by atoms with van der Waals surface area (Å²) in [5.41, 5.74) is 6.65. The zero-order valence-corrected chi connectivity index (χ0v) is 22.6. The molecule has 0 radical (unpaired) electrons. The number of benzene rings is 1. The van der Waals surface area contributed by atoms with Gasteiger partial charge in [-0.15, -0.1) is 11.3 Å². The zero-order chi connectivity index (χ0) is 26.6. The third-order valence-electron chi connectivity index (χ3n) is 7.94. The highest BCUT2D eigenvalue weighted by atomic mass is 35.5. The third-order valence-corrected chi connectivity index (χ3v) is 9.19. The molecule has 10 heteroatoms. The zero-order valence-electron chi connectivity index (χ0n) is 21.1. The Bertz CT molecular complexity index is 1510. The van der Waals surface area contributed by atoms with Crippen LogP contribution < -0.4 is 4.90 Å². The molecule has 3 aromatic rings. The first kappa shape index (κ1) is 24.9. The first-order chi connectivity index (χ1) is 18.3. The predicted octanol–water partition coefficient (Wildman–Crippen LogP) is 4.48. The minimum atomic E-state index is -0.0421. The summed E-state index contributed by atoms with van der Waals surface area (Å²) in [7, 11) is 0. The van der Waals surface area contributed by atoms with Gasteiger partial charge in [-0.05, 0) is 43.2 Å². The molecule has 5 heterocycles. The van der Waals surface area contributed by atoms with E-state index in [1.54, 1.807) is 29.5 Å². The molecule has 1 spiro atoms. The Morgan fingerprint density at radius 1 is 1.34 bits per heavy atom. The van der Waals surface area contributed by atoms with Crippen LogP contribution in [0.1, 0.15) is 33.8 Å². The first-order valence-corrected chi connectivity index (χ1v) is 13.8. The maximum atomic E-state index is 12.0. The van der Waals surface area contributed by atoms with Gasteiger partial charge in [-0.3, -0.25) is 9.69 Å². The van der Waals surface area contributed by atoms with Crippen molar-refractivity contribution in [2.24, 2.45) is 5.41 Å². The smallest absolute Gasteiger partial charge is 0.245 e. The van der Waals surface area contributed by atoms with Crippen molar-refractivity contribution in [2.45, 2.75) is 33.0 Å². The van der Waals surface area contributed by atoms with Crippen LogP contribution in [-0.4, -0.2) is 57.0 Å². The predicted molar refractivity (Wildman–Crippen MR) is 147 cm³/mol. The molecule has 8 nitrogen and oxygen atoms in total. The summed E-state index contributed by atoms with van der Waals surface area (Å²) in [5, 5.41) is 21.3. The Morgan fingerprint density at radius 2 is 2.16 bits per heavy atom. The first-order valence-electron chi connectivity index (χ1n) is 12.5. The number of aryl methyl sites for hydroxylation is 1. The van der Waals surface area contributed by atoms with Crippen molar-refractivity contribution >= 4 is 34.7 Å². The molecule has 3 aliphatic rings. The number of aromatic hydroxyl groups is 1. The van der Waals surface area contributed by atoms with Crippen molar-refractivity contribution < 1.29 is 9.90 Å². The quantitative estimate of drug-likeness (QED) is 0.471. The molecule has 0 unspecified atom stereocenters. The Kier molecular flexibility index (Phi) is 6.14. The lowest BCUT2D eigenvalue weighted by Gasteiger charge is -2.47. The van der Waals surface area contributed by atoms with Gasteiger partial charge in [0.15, 0.2) is 0 Å². The van der Waals surface area contributed by atoms with E-state index in [1.807, 2.05) is 17.3 Å². The highest BCUT2D eigenvalue weighted by Gasteiger charge is 2.49. The van der Waals surface area contributed by atoms with E-state index in [9.17, 15) is 15.2 Å². The maximum absolute atomic E-state index is 12.0. The molecule has 2 aromatic heterocycles. The number of fused-ring (bicyclic) bond motifs is 1. The van der Waals surface area contributed by atoms with E-state index in [-0.39, 0.29) is 17.1 Å². The van der Waals surface area contributed by atoms with Gasteiger partial charge in [-0.25, -0.2) is 9.97 Å². The van der Waals surface area contributed by atoms with Gasteiger partial charge in [0.25, 0.3) is 0 Å². The topological polar surface area (TPSA) is 96.6 Å². The standard InChI is InChI=1S/C28H27ClN6O2S/c1-3-25(37)35-14-28(15-35)6-7-34(13-28)27-20(9-30)26(19-8-18(36)4-5-22(19)29)21-10-33(11-23(21)32-27)12-24-17(2)31-16-38-24/h3-5,8,16,36H,1,6-7,10-15H2,2H3. The van der Waals surface area contributed by atoms with Crippen molar-refractivity contribution in [3.63, 3.8) is 0 Å². The van der Waals surface area contributed by atoms with Crippen molar-refractivity contribution in [3.8, 4) is 22.9 Å². The van der Waals surface area contributed by atoms with Gasteiger partial charge in [-0.1, -0.05) is 18.2 Å². The van der Waals surface area contributed by atoms with E-state index < -0.39 is 0 Å². The van der Waals surface area contributed by atoms with Crippen LogP contribution in [0.3, 0.4) is 0 Å².